The molecule has 0 fully saturated rings. The largest absolute Gasteiger partial charge is 0.390 e. The molecule has 0 unspecified atom stereocenters. The predicted molar refractivity (Wildman–Crippen MR) is 62.4 cm³/mol. The Bertz CT molecular complexity index is 100. The van der Waals surface area contributed by atoms with Crippen LogP contribution in [0.1, 0.15) is 67.2 Å². The molecule has 2 N–H and O–H groups in total. The van der Waals surface area contributed by atoms with Gasteiger partial charge < -0.3 is 10.2 Å². The predicted octanol–water partition coefficient (Wildman–Crippen LogP) is 3.11. The summed E-state index contributed by atoms with van der Waals surface area (Å²) in [4.78, 5) is 0. The molecule has 0 aromatic heterocycles. The van der Waals surface area contributed by atoms with Gasteiger partial charge in [-0.25, -0.2) is 0 Å². The molecule has 0 radical (unpaired) electrons. The molecule has 14 heavy (non-hydrogen) atoms. The van der Waals surface area contributed by atoms with E-state index in [1.165, 1.54) is 0 Å². The van der Waals surface area contributed by atoms with Crippen LogP contribution in [-0.2, 0) is 0 Å². The van der Waals surface area contributed by atoms with E-state index in [4.69, 9.17) is 10.2 Å². The van der Waals surface area contributed by atoms with Crippen LogP contribution >= 0.6 is 0 Å². The van der Waals surface area contributed by atoms with Crippen LogP contribution in [0.2, 0.25) is 0 Å². The van der Waals surface area contributed by atoms with Crippen molar-refractivity contribution in [2.24, 2.45) is 0 Å². The first kappa shape index (κ1) is 16.4. The average molecular weight is 204 g/mol. The summed E-state index contributed by atoms with van der Waals surface area (Å²) in [5.41, 5.74) is -0.833. The van der Waals surface area contributed by atoms with Crippen LogP contribution in [0.4, 0.5) is 0 Å². The van der Waals surface area contributed by atoms with Crippen molar-refractivity contribution in [2.45, 2.75) is 78.4 Å². The fourth-order valence-electron chi connectivity index (χ4n) is 0.500. The van der Waals surface area contributed by atoms with E-state index in [9.17, 15) is 0 Å². The van der Waals surface area contributed by atoms with Gasteiger partial charge >= 0.3 is 0 Å². The second-order valence-electron chi connectivity index (χ2n) is 4.41. The summed E-state index contributed by atoms with van der Waals surface area (Å²) in [7, 11) is 0. The third kappa shape index (κ3) is 10.0. The van der Waals surface area contributed by atoms with Gasteiger partial charge in [0.05, 0.1) is 11.2 Å². The van der Waals surface area contributed by atoms with Gasteiger partial charge in [-0.3, -0.25) is 0 Å². The van der Waals surface area contributed by atoms with E-state index in [1.807, 2.05) is 41.5 Å². The van der Waals surface area contributed by atoms with Gasteiger partial charge in [0.1, 0.15) is 0 Å². The molecular formula is C12H28O2. The molecule has 0 saturated heterocycles. The molecule has 0 aromatic carbocycles. The molecule has 88 valence electrons. The molecule has 0 rings (SSSR count). The van der Waals surface area contributed by atoms with Crippen molar-refractivity contribution in [3.05, 3.63) is 0 Å². The first-order chi connectivity index (χ1) is 6.24. The summed E-state index contributed by atoms with van der Waals surface area (Å²) in [6.45, 7) is 11.7. The number of hydrogen-bond acceptors (Lipinski definition) is 2. The maximum absolute atomic E-state index is 9.13. The monoisotopic (exact) mass is 204 g/mol. The Morgan fingerprint density at radius 1 is 0.643 bits per heavy atom. The van der Waals surface area contributed by atoms with Gasteiger partial charge in [0.2, 0.25) is 0 Å². The van der Waals surface area contributed by atoms with Crippen molar-refractivity contribution in [1.82, 2.24) is 0 Å². The van der Waals surface area contributed by atoms with Crippen LogP contribution in [-0.4, -0.2) is 21.4 Å². The molecule has 0 spiro atoms. The van der Waals surface area contributed by atoms with Gasteiger partial charge in [0.15, 0.2) is 0 Å². The Balaban J connectivity index is 0. The van der Waals surface area contributed by atoms with E-state index >= 15 is 0 Å². The molecule has 0 aliphatic rings. The molecule has 0 aliphatic carbocycles. The van der Waals surface area contributed by atoms with Gasteiger partial charge in [-0.05, 0) is 39.5 Å². The Morgan fingerprint density at radius 2 is 0.786 bits per heavy atom. The highest BCUT2D eigenvalue weighted by Gasteiger charge is 2.12. The van der Waals surface area contributed by atoms with Crippen molar-refractivity contribution < 1.29 is 10.2 Å². The normalized spacial score (nSPS) is 12.0. The third-order valence-electron chi connectivity index (χ3n) is 3.05. The van der Waals surface area contributed by atoms with Crippen molar-refractivity contribution >= 4 is 0 Å². The van der Waals surface area contributed by atoms with Crippen LogP contribution in [0.15, 0.2) is 0 Å². The van der Waals surface area contributed by atoms with Crippen LogP contribution in [0, 0.1) is 0 Å². The molecule has 0 aliphatic heterocycles. The summed E-state index contributed by atoms with van der Waals surface area (Å²) in [6.07, 6.45) is 3.40. The summed E-state index contributed by atoms with van der Waals surface area (Å²) in [5, 5.41) is 18.3. The first-order valence-corrected chi connectivity index (χ1v) is 5.69. The minimum Gasteiger partial charge on any atom is -0.390 e. The SMILES string of the molecule is CCC(C)(O)CC.CCC(C)(O)CC. The van der Waals surface area contributed by atoms with E-state index in [0.29, 0.717) is 0 Å². The smallest absolute Gasteiger partial charge is 0.0614 e. The topological polar surface area (TPSA) is 40.5 Å². The minimum absolute atomic E-state index is 0.417. The Labute approximate surface area is 89.3 Å². The van der Waals surface area contributed by atoms with Gasteiger partial charge in [0, 0.05) is 0 Å². The summed E-state index contributed by atoms with van der Waals surface area (Å²) >= 11 is 0. The maximum atomic E-state index is 9.13. The lowest BCUT2D eigenvalue weighted by Gasteiger charge is -2.17. The van der Waals surface area contributed by atoms with E-state index < -0.39 is 11.2 Å². The van der Waals surface area contributed by atoms with Crippen molar-refractivity contribution in [3.8, 4) is 0 Å². The lowest BCUT2D eigenvalue weighted by Crippen LogP contribution is -2.20. The fourth-order valence-corrected chi connectivity index (χ4v) is 0.500. The van der Waals surface area contributed by atoms with E-state index in [0.717, 1.165) is 25.7 Å². The van der Waals surface area contributed by atoms with Crippen LogP contribution in [0.3, 0.4) is 0 Å². The third-order valence-corrected chi connectivity index (χ3v) is 3.05. The molecule has 2 nitrogen and oxygen atoms in total. The highest BCUT2D eigenvalue weighted by Crippen LogP contribution is 2.11. The molecule has 0 aromatic rings. The molecule has 0 amide bonds. The highest BCUT2D eigenvalue weighted by molar-refractivity contribution is 4.66. The van der Waals surface area contributed by atoms with Crippen LogP contribution in [0.25, 0.3) is 0 Å². The van der Waals surface area contributed by atoms with Gasteiger partial charge in [-0.1, -0.05) is 27.7 Å². The zero-order valence-corrected chi connectivity index (χ0v) is 10.7. The standard InChI is InChI=1S/2C6H14O/c2*1-4-6(3,7)5-2/h2*7H,4-5H2,1-3H3. The van der Waals surface area contributed by atoms with E-state index in [2.05, 4.69) is 0 Å². The zero-order valence-electron chi connectivity index (χ0n) is 10.7. The molecular weight excluding hydrogens is 176 g/mol. The van der Waals surface area contributed by atoms with Gasteiger partial charge in [-0.15, -0.1) is 0 Å². The van der Waals surface area contributed by atoms with Gasteiger partial charge in [-0.2, -0.15) is 0 Å². The van der Waals surface area contributed by atoms with Crippen molar-refractivity contribution in [1.29, 1.82) is 0 Å². The average Bonchev–Trinajstić information content (AvgIpc) is 2.19. The lowest BCUT2D eigenvalue weighted by molar-refractivity contribution is 0.0516. The summed E-state index contributed by atoms with van der Waals surface area (Å²) in [5.74, 6) is 0. The Kier molecular flexibility index (Phi) is 8.46. The second kappa shape index (κ2) is 7.24. The first-order valence-electron chi connectivity index (χ1n) is 5.69. The molecule has 0 heterocycles. The second-order valence-corrected chi connectivity index (χ2v) is 4.41. The molecule has 0 bridgehead atoms. The number of aliphatic hydroxyl groups is 2. The molecule has 0 saturated carbocycles. The lowest BCUT2D eigenvalue weighted by atomic mass is 10.0. The Hall–Kier alpha value is -0.0800. The molecule has 0 atom stereocenters. The molecule has 2 heteroatoms. The maximum Gasteiger partial charge on any atom is 0.0614 e. The van der Waals surface area contributed by atoms with Crippen LogP contribution < -0.4 is 0 Å². The van der Waals surface area contributed by atoms with Crippen molar-refractivity contribution in [3.63, 3.8) is 0 Å². The highest BCUT2D eigenvalue weighted by atomic mass is 16.3. The zero-order chi connectivity index (χ0) is 11.8. The summed E-state index contributed by atoms with van der Waals surface area (Å²) in [6, 6.07) is 0. The van der Waals surface area contributed by atoms with Gasteiger partial charge in [0.25, 0.3) is 0 Å². The van der Waals surface area contributed by atoms with E-state index in [-0.39, 0.29) is 0 Å². The van der Waals surface area contributed by atoms with Crippen LogP contribution in [0.5, 0.6) is 0 Å². The summed E-state index contributed by atoms with van der Waals surface area (Å²) < 4.78 is 0. The van der Waals surface area contributed by atoms with E-state index in [1.54, 1.807) is 0 Å². The Morgan fingerprint density at radius 3 is 0.786 bits per heavy atom. The quantitative estimate of drug-likeness (QED) is 0.738. The number of hydrogen-bond donors (Lipinski definition) is 2. The fraction of sp³-hybridized carbons (Fsp3) is 1.00. The minimum atomic E-state index is -0.417. The number of rotatable bonds is 4. The van der Waals surface area contributed by atoms with Crippen molar-refractivity contribution in [2.75, 3.05) is 0 Å².